The average Bonchev–Trinajstić information content (AvgIpc) is 2.94. The van der Waals surface area contributed by atoms with E-state index in [4.69, 9.17) is 5.84 Å². The number of para-hydroxylation sites is 2. The Hall–Kier alpha value is -2.91. The number of carbonyl (C=O) groups excluding carboxylic acids is 1. The molecule has 0 aliphatic carbocycles. The summed E-state index contributed by atoms with van der Waals surface area (Å²) in [6.45, 7) is 3.89. The second-order valence-electron chi connectivity index (χ2n) is 5.50. The van der Waals surface area contributed by atoms with Gasteiger partial charge in [-0.25, -0.2) is 10.8 Å². The highest BCUT2D eigenvalue weighted by atomic mass is 16.2. The van der Waals surface area contributed by atoms with E-state index in [9.17, 15) is 10.1 Å². The van der Waals surface area contributed by atoms with Crippen LogP contribution in [0.15, 0.2) is 24.3 Å². The number of hydrogen-bond acceptors (Lipinski definition) is 4. The number of imidazole rings is 1. The van der Waals surface area contributed by atoms with E-state index in [1.165, 1.54) is 0 Å². The summed E-state index contributed by atoms with van der Waals surface area (Å²) in [5.74, 6) is 4.93. The molecule has 0 bridgehead atoms. The van der Waals surface area contributed by atoms with Crippen molar-refractivity contribution in [3.05, 3.63) is 46.6 Å². The molecule has 23 heavy (non-hydrogen) atoms. The highest BCUT2D eigenvalue weighted by molar-refractivity contribution is 5.84. The zero-order valence-electron chi connectivity index (χ0n) is 13.1. The molecule has 2 heterocycles. The summed E-state index contributed by atoms with van der Waals surface area (Å²) in [5.41, 5.74) is 8.02. The lowest BCUT2D eigenvalue weighted by atomic mass is 9.98. The number of fused-ring (bicyclic) bond motifs is 3. The highest BCUT2D eigenvalue weighted by Crippen LogP contribution is 2.27. The van der Waals surface area contributed by atoms with Gasteiger partial charge in [0.1, 0.15) is 6.07 Å². The van der Waals surface area contributed by atoms with Crippen LogP contribution in [0.25, 0.3) is 16.7 Å². The molecule has 3 aromatic rings. The number of nitriles is 1. The summed E-state index contributed by atoms with van der Waals surface area (Å²) in [5, 5.41) is 9.58. The number of pyridine rings is 1. The molecule has 116 valence electrons. The molecule has 3 rings (SSSR count). The molecule has 0 aliphatic heterocycles. The van der Waals surface area contributed by atoms with E-state index in [1.807, 2.05) is 42.5 Å². The molecule has 1 aromatic carbocycles. The molecule has 0 spiro atoms. The van der Waals surface area contributed by atoms with Gasteiger partial charge in [0.25, 0.3) is 0 Å². The SMILES string of the molecule is Cc1c(CCC(=O)NN)c(C)n2c(nc3ccccc32)c1C#N. The van der Waals surface area contributed by atoms with Crippen LogP contribution >= 0.6 is 0 Å². The molecule has 6 nitrogen and oxygen atoms in total. The lowest BCUT2D eigenvalue weighted by Gasteiger charge is -2.14. The van der Waals surface area contributed by atoms with Crippen molar-refractivity contribution in [1.29, 1.82) is 5.26 Å². The van der Waals surface area contributed by atoms with Crippen LogP contribution in [-0.4, -0.2) is 15.3 Å². The van der Waals surface area contributed by atoms with E-state index < -0.39 is 0 Å². The fraction of sp³-hybridized carbons (Fsp3) is 0.235. The number of hydrazine groups is 1. The van der Waals surface area contributed by atoms with Gasteiger partial charge in [0.2, 0.25) is 5.91 Å². The second kappa shape index (κ2) is 5.71. The quantitative estimate of drug-likeness (QED) is 0.439. The molecule has 0 saturated carbocycles. The van der Waals surface area contributed by atoms with Gasteiger partial charge < -0.3 is 0 Å². The first-order chi connectivity index (χ1) is 11.1. The third-order valence-corrected chi connectivity index (χ3v) is 4.26. The van der Waals surface area contributed by atoms with Gasteiger partial charge in [0.05, 0.1) is 16.6 Å². The van der Waals surface area contributed by atoms with E-state index in [0.29, 0.717) is 17.6 Å². The van der Waals surface area contributed by atoms with Gasteiger partial charge in [-0.05, 0) is 43.5 Å². The Morgan fingerprint density at radius 2 is 2.13 bits per heavy atom. The Kier molecular flexibility index (Phi) is 3.72. The first-order valence-electron chi connectivity index (χ1n) is 7.37. The number of benzene rings is 1. The Bertz CT molecular complexity index is 965. The Morgan fingerprint density at radius 1 is 1.39 bits per heavy atom. The van der Waals surface area contributed by atoms with E-state index in [1.54, 1.807) is 0 Å². The molecule has 0 unspecified atom stereocenters. The van der Waals surface area contributed by atoms with Gasteiger partial charge in [-0.2, -0.15) is 5.26 Å². The summed E-state index contributed by atoms with van der Waals surface area (Å²) in [6.07, 6.45) is 0.805. The van der Waals surface area contributed by atoms with Crippen LogP contribution in [0.2, 0.25) is 0 Å². The zero-order valence-corrected chi connectivity index (χ0v) is 13.1. The van der Waals surface area contributed by atoms with Crippen LogP contribution in [0.1, 0.15) is 28.8 Å². The van der Waals surface area contributed by atoms with Crippen molar-refractivity contribution in [2.24, 2.45) is 5.84 Å². The molecule has 2 aromatic heterocycles. The number of hydrogen-bond donors (Lipinski definition) is 2. The molecule has 0 radical (unpaired) electrons. The molecule has 1 amide bonds. The van der Waals surface area contributed by atoms with Crippen LogP contribution in [0.3, 0.4) is 0 Å². The minimum atomic E-state index is -0.224. The van der Waals surface area contributed by atoms with Gasteiger partial charge in [0.15, 0.2) is 5.65 Å². The van der Waals surface area contributed by atoms with Gasteiger partial charge in [-0.1, -0.05) is 12.1 Å². The maximum atomic E-state index is 11.5. The number of amides is 1. The van der Waals surface area contributed by atoms with Crippen LogP contribution < -0.4 is 11.3 Å². The Balaban J connectivity index is 2.30. The first-order valence-corrected chi connectivity index (χ1v) is 7.37. The average molecular weight is 307 g/mol. The van der Waals surface area contributed by atoms with E-state index in [2.05, 4.69) is 16.5 Å². The van der Waals surface area contributed by atoms with Crippen molar-refractivity contribution in [3.63, 3.8) is 0 Å². The monoisotopic (exact) mass is 307 g/mol. The zero-order chi connectivity index (χ0) is 16.6. The van der Waals surface area contributed by atoms with Crippen LogP contribution in [0, 0.1) is 25.2 Å². The van der Waals surface area contributed by atoms with Crippen molar-refractivity contribution in [1.82, 2.24) is 14.8 Å². The summed E-state index contributed by atoms with van der Waals surface area (Å²) < 4.78 is 2.00. The molecule has 6 heteroatoms. The third-order valence-electron chi connectivity index (χ3n) is 4.26. The largest absolute Gasteiger partial charge is 0.296 e. The van der Waals surface area contributed by atoms with Crippen LogP contribution in [-0.2, 0) is 11.2 Å². The summed E-state index contributed by atoms with van der Waals surface area (Å²) in [6, 6.07) is 10.0. The molecule has 0 fully saturated rings. The summed E-state index contributed by atoms with van der Waals surface area (Å²) in [4.78, 5) is 16.1. The number of carbonyl (C=O) groups is 1. The fourth-order valence-electron chi connectivity index (χ4n) is 3.07. The minimum absolute atomic E-state index is 0.224. The first kappa shape index (κ1) is 15.0. The van der Waals surface area contributed by atoms with Crippen molar-refractivity contribution in [2.75, 3.05) is 0 Å². The minimum Gasteiger partial charge on any atom is -0.296 e. The highest BCUT2D eigenvalue weighted by Gasteiger charge is 2.18. The van der Waals surface area contributed by atoms with Gasteiger partial charge in [-0.3, -0.25) is 14.6 Å². The van der Waals surface area contributed by atoms with E-state index in [-0.39, 0.29) is 12.3 Å². The molecule has 3 N–H and O–H groups in total. The fourth-order valence-corrected chi connectivity index (χ4v) is 3.07. The van der Waals surface area contributed by atoms with Crippen molar-refractivity contribution >= 4 is 22.6 Å². The van der Waals surface area contributed by atoms with E-state index >= 15 is 0 Å². The molecular formula is C17H17N5O. The maximum Gasteiger partial charge on any atom is 0.234 e. The lowest BCUT2D eigenvalue weighted by molar-refractivity contribution is -0.121. The van der Waals surface area contributed by atoms with E-state index in [0.717, 1.165) is 27.9 Å². The van der Waals surface area contributed by atoms with Crippen molar-refractivity contribution in [2.45, 2.75) is 26.7 Å². The molecular weight excluding hydrogens is 290 g/mol. The number of nitrogens with zero attached hydrogens (tertiary/aromatic N) is 3. The smallest absolute Gasteiger partial charge is 0.234 e. The second-order valence-corrected chi connectivity index (χ2v) is 5.50. The van der Waals surface area contributed by atoms with Crippen LogP contribution in [0.4, 0.5) is 0 Å². The number of nitrogens with one attached hydrogen (secondary N) is 1. The molecule has 0 aliphatic rings. The number of rotatable bonds is 3. The number of aromatic nitrogens is 2. The van der Waals surface area contributed by atoms with Crippen LogP contribution in [0.5, 0.6) is 0 Å². The summed E-state index contributed by atoms with van der Waals surface area (Å²) in [7, 11) is 0. The van der Waals surface area contributed by atoms with Crippen molar-refractivity contribution < 1.29 is 4.79 Å². The standard InChI is InChI=1S/C17H17N5O/c1-10-12(7-8-16(23)21-19)11(2)22-15-6-4-3-5-14(15)20-17(22)13(10)9-18/h3-6H,7-8,19H2,1-2H3,(H,21,23). The number of aryl methyl sites for hydroxylation is 1. The third kappa shape index (κ3) is 2.31. The van der Waals surface area contributed by atoms with Crippen molar-refractivity contribution in [3.8, 4) is 6.07 Å². The molecule has 0 atom stereocenters. The van der Waals surface area contributed by atoms with Gasteiger partial charge in [-0.15, -0.1) is 0 Å². The predicted octanol–water partition coefficient (Wildman–Crippen LogP) is 1.90. The topological polar surface area (TPSA) is 96.2 Å². The normalized spacial score (nSPS) is 10.9. The maximum absolute atomic E-state index is 11.5. The predicted molar refractivity (Wildman–Crippen MR) is 87.5 cm³/mol. The molecule has 0 saturated heterocycles. The lowest BCUT2D eigenvalue weighted by Crippen LogP contribution is -2.30. The van der Waals surface area contributed by atoms with Gasteiger partial charge in [0, 0.05) is 12.1 Å². The number of nitrogens with two attached hydrogens (primary N) is 1. The van der Waals surface area contributed by atoms with Gasteiger partial charge >= 0.3 is 0 Å². The Labute approximate surface area is 133 Å². The Morgan fingerprint density at radius 3 is 2.83 bits per heavy atom. The summed E-state index contributed by atoms with van der Waals surface area (Å²) >= 11 is 0.